The molecule has 0 bridgehead atoms. The molecule has 3 heteroatoms. The lowest BCUT2D eigenvalue weighted by Crippen LogP contribution is -2.55. The van der Waals surface area contributed by atoms with E-state index in [0.29, 0.717) is 12.1 Å². The average molecular weight is 287 g/mol. The summed E-state index contributed by atoms with van der Waals surface area (Å²) in [5.74, 6) is 0. The Balaban J connectivity index is 1.74. The molecule has 2 heterocycles. The van der Waals surface area contributed by atoms with Gasteiger partial charge in [-0.25, -0.2) is 0 Å². The van der Waals surface area contributed by atoms with Crippen LogP contribution in [0.3, 0.4) is 0 Å². The van der Waals surface area contributed by atoms with Gasteiger partial charge in [0.1, 0.15) is 0 Å². The SMILES string of the molecule is CCC(C(NC)c1ccccc1)N1CCN2CCCC2C1. The van der Waals surface area contributed by atoms with Crippen molar-refractivity contribution in [3.63, 3.8) is 0 Å². The lowest BCUT2D eigenvalue weighted by Gasteiger charge is -2.44. The molecule has 3 unspecified atom stereocenters. The molecule has 1 aromatic carbocycles. The lowest BCUT2D eigenvalue weighted by atomic mass is 9.94. The summed E-state index contributed by atoms with van der Waals surface area (Å²) in [5.41, 5.74) is 1.42. The molecule has 116 valence electrons. The van der Waals surface area contributed by atoms with Crippen LogP contribution in [0.15, 0.2) is 30.3 Å². The first-order valence-corrected chi connectivity index (χ1v) is 8.53. The Hall–Kier alpha value is -0.900. The third-order valence-corrected chi connectivity index (χ3v) is 5.36. The average Bonchev–Trinajstić information content (AvgIpc) is 3.00. The monoisotopic (exact) mass is 287 g/mol. The van der Waals surface area contributed by atoms with Crippen molar-refractivity contribution in [2.45, 2.75) is 44.3 Å². The largest absolute Gasteiger partial charge is 0.312 e. The summed E-state index contributed by atoms with van der Waals surface area (Å²) in [6, 6.07) is 12.8. The molecule has 0 aromatic heterocycles. The van der Waals surface area contributed by atoms with Gasteiger partial charge in [-0.05, 0) is 38.4 Å². The van der Waals surface area contributed by atoms with Gasteiger partial charge >= 0.3 is 0 Å². The standard InChI is InChI=1S/C18H29N3/c1-3-17(18(19-2)15-8-5-4-6-9-15)21-13-12-20-11-7-10-16(20)14-21/h4-6,8-9,16-19H,3,7,10-14H2,1-2H3. The lowest BCUT2D eigenvalue weighted by molar-refractivity contribution is 0.0556. The number of nitrogens with one attached hydrogen (secondary N) is 1. The van der Waals surface area contributed by atoms with Crippen molar-refractivity contribution < 1.29 is 0 Å². The number of piperazine rings is 1. The zero-order valence-corrected chi connectivity index (χ0v) is 13.5. The second-order valence-corrected chi connectivity index (χ2v) is 6.48. The molecule has 2 aliphatic heterocycles. The highest BCUT2D eigenvalue weighted by atomic mass is 15.3. The highest BCUT2D eigenvalue weighted by Gasteiger charge is 2.35. The number of hydrogen-bond acceptors (Lipinski definition) is 3. The van der Waals surface area contributed by atoms with E-state index in [0.717, 1.165) is 6.04 Å². The summed E-state index contributed by atoms with van der Waals surface area (Å²) in [6.45, 7) is 7.39. The van der Waals surface area contributed by atoms with Crippen LogP contribution in [0, 0.1) is 0 Å². The Morgan fingerprint density at radius 2 is 2.00 bits per heavy atom. The Labute approximate surface area is 129 Å². The van der Waals surface area contributed by atoms with Crippen LogP contribution in [-0.4, -0.2) is 55.1 Å². The molecule has 0 amide bonds. The topological polar surface area (TPSA) is 18.5 Å². The third kappa shape index (κ3) is 3.15. The second kappa shape index (κ2) is 6.91. The van der Waals surface area contributed by atoms with E-state index in [-0.39, 0.29) is 0 Å². The Morgan fingerprint density at radius 3 is 2.71 bits per heavy atom. The Kier molecular flexibility index (Phi) is 4.94. The normalized spacial score (nSPS) is 26.5. The van der Waals surface area contributed by atoms with Crippen molar-refractivity contribution in [2.24, 2.45) is 0 Å². The molecule has 0 saturated carbocycles. The van der Waals surface area contributed by atoms with E-state index in [2.05, 4.69) is 59.4 Å². The van der Waals surface area contributed by atoms with Gasteiger partial charge in [-0.1, -0.05) is 37.3 Å². The first-order valence-electron chi connectivity index (χ1n) is 8.53. The molecule has 0 aliphatic carbocycles. The summed E-state index contributed by atoms with van der Waals surface area (Å²) < 4.78 is 0. The maximum atomic E-state index is 3.57. The number of benzene rings is 1. The van der Waals surface area contributed by atoms with Gasteiger partial charge in [0.25, 0.3) is 0 Å². The Bertz CT molecular complexity index is 433. The molecular weight excluding hydrogens is 258 g/mol. The Morgan fingerprint density at radius 1 is 1.19 bits per heavy atom. The maximum absolute atomic E-state index is 3.57. The number of nitrogens with zero attached hydrogens (tertiary/aromatic N) is 2. The summed E-state index contributed by atoms with van der Waals surface area (Å²) >= 11 is 0. The quantitative estimate of drug-likeness (QED) is 0.898. The van der Waals surface area contributed by atoms with E-state index >= 15 is 0 Å². The molecule has 2 fully saturated rings. The smallest absolute Gasteiger partial charge is 0.0475 e. The minimum atomic E-state index is 0.434. The fraction of sp³-hybridized carbons (Fsp3) is 0.667. The van der Waals surface area contributed by atoms with Gasteiger partial charge in [0.15, 0.2) is 0 Å². The molecule has 1 N–H and O–H groups in total. The minimum Gasteiger partial charge on any atom is -0.312 e. The summed E-state index contributed by atoms with van der Waals surface area (Å²) in [4.78, 5) is 5.43. The zero-order chi connectivity index (χ0) is 14.7. The van der Waals surface area contributed by atoms with E-state index in [1.807, 2.05) is 0 Å². The maximum Gasteiger partial charge on any atom is 0.0475 e. The van der Waals surface area contributed by atoms with E-state index in [9.17, 15) is 0 Å². The fourth-order valence-corrected chi connectivity index (χ4v) is 4.26. The summed E-state index contributed by atoms with van der Waals surface area (Å²) in [7, 11) is 2.10. The van der Waals surface area contributed by atoms with Crippen LogP contribution in [0.4, 0.5) is 0 Å². The van der Waals surface area contributed by atoms with Gasteiger partial charge in [-0.15, -0.1) is 0 Å². The van der Waals surface area contributed by atoms with Crippen molar-refractivity contribution in [3.8, 4) is 0 Å². The van der Waals surface area contributed by atoms with Crippen LogP contribution < -0.4 is 5.32 Å². The van der Waals surface area contributed by atoms with Crippen LogP contribution >= 0.6 is 0 Å². The predicted octanol–water partition coefficient (Wildman–Crippen LogP) is 2.51. The fourth-order valence-electron chi connectivity index (χ4n) is 4.26. The molecule has 3 rings (SSSR count). The van der Waals surface area contributed by atoms with E-state index in [4.69, 9.17) is 0 Å². The number of fused-ring (bicyclic) bond motifs is 1. The molecular formula is C18H29N3. The minimum absolute atomic E-state index is 0.434. The van der Waals surface area contributed by atoms with Crippen LogP contribution in [0.5, 0.6) is 0 Å². The van der Waals surface area contributed by atoms with Gasteiger partial charge in [-0.3, -0.25) is 9.80 Å². The van der Waals surface area contributed by atoms with E-state index in [1.54, 1.807) is 0 Å². The summed E-state index contributed by atoms with van der Waals surface area (Å²) in [6.07, 6.45) is 3.99. The van der Waals surface area contributed by atoms with Crippen molar-refractivity contribution in [2.75, 3.05) is 33.2 Å². The second-order valence-electron chi connectivity index (χ2n) is 6.48. The van der Waals surface area contributed by atoms with Gasteiger partial charge in [0.2, 0.25) is 0 Å². The molecule has 3 nitrogen and oxygen atoms in total. The van der Waals surface area contributed by atoms with Gasteiger partial charge < -0.3 is 5.32 Å². The van der Waals surface area contributed by atoms with Crippen LogP contribution in [-0.2, 0) is 0 Å². The van der Waals surface area contributed by atoms with E-state index < -0.39 is 0 Å². The van der Waals surface area contributed by atoms with Crippen molar-refractivity contribution >= 4 is 0 Å². The third-order valence-electron chi connectivity index (χ3n) is 5.36. The van der Waals surface area contributed by atoms with Crippen LogP contribution in [0.25, 0.3) is 0 Å². The number of rotatable bonds is 5. The predicted molar refractivity (Wildman–Crippen MR) is 88.5 cm³/mol. The number of likely N-dealkylation sites (N-methyl/N-ethyl adjacent to an activating group) is 1. The molecule has 0 radical (unpaired) electrons. The molecule has 3 atom stereocenters. The van der Waals surface area contributed by atoms with Crippen LogP contribution in [0.1, 0.15) is 37.8 Å². The first-order chi connectivity index (χ1) is 10.3. The van der Waals surface area contributed by atoms with Gasteiger partial charge in [0.05, 0.1) is 0 Å². The van der Waals surface area contributed by atoms with Crippen LogP contribution in [0.2, 0.25) is 0 Å². The van der Waals surface area contributed by atoms with Crippen molar-refractivity contribution in [3.05, 3.63) is 35.9 Å². The summed E-state index contributed by atoms with van der Waals surface area (Å²) in [5, 5.41) is 3.57. The first kappa shape index (κ1) is 15.0. The molecule has 1 aromatic rings. The van der Waals surface area contributed by atoms with E-state index in [1.165, 1.54) is 51.0 Å². The molecule has 2 saturated heterocycles. The van der Waals surface area contributed by atoms with Gasteiger partial charge in [-0.2, -0.15) is 0 Å². The molecule has 21 heavy (non-hydrogen) atoms. The van der Waals surface area contributed by atoms with Crippen molar-refractivity contribution in [1.29, 1.82) is 0 Å². The zero-order valence-electron chi connectivity index (χ0n) is 13.5. The highest BCUT2D eigenvalue weighted by Crippen LogP contribution is 2.28. The van der Waals surface area contributed by atoms with Crippen molar-refractivity contribution in [1.82, 2.24) is 15.1 Å². The highest BCUT2D eigenvalue weighted by molar-refractivity contribution is 5.20. The van der Waals surface area contributed by atoms with Gasteiger partial charge in [0, 0.05) is 37.8 Å². The number of hydrogen-bond donors (Lipinski definition) is 1. The molecule has 2 aliphatic rings. The molecule has 0 spiro atoms.